The number of hydrogen-bond donors (Lipinski definition) is 1. The van der Waals surface area contributed by atoms with Crippen LogP contribution in [-0.2, 0) is 10.0 Å². The molecule has 0 aliphatic rings. The summed E-state index contributed by atoms with van der Waals surface area (Å²) in [5.74, 6) is 0.0871. The molecule has 1 unspecified atom stereocenters. The van der Waals surface area contributed by atoms with Crippen LogP contribution in [0.15, 0.2) is 27.6 Å². The molecule has 1 aromatic rings. The fraction of sp³-hybridized carbons (Fsp3) is 0.611. The van der Waals surface area contributed by atoms with Crippen LogP contribution in [0.1, 0.15) is 38.1 Å². The summed E-state index contributed by atoms with van der Waals surface area (Å²) in [6, 6.07) is 4.76. The number of likely N-dealkylation sites (N-methyl/N-ethyl adjacent to an activating group) is 1. The lowest BCUT2D eigenvalue weighted by atomic mass is 10.0. The second-order valence-electron chi connectivity index (χ2n) is 6.72. The average Bonchev–Trinajstić information content (AvgIpc) is 2.55. The molecule has 6 nitrogen and oxygen atoms in total. The Balaban J connectivity index is 3.09. The molecule has 26 heavy (non-hydrogen) atoms. The largest absolute Gasteiger partial charge is 0.350 e. The van der Waals surface area contributed by atoms with Gasteiger partial charge < -0.3 is 10.2 Å². The fourth-order valence-corrected chi connectivity index (χ4v) is 4.77. The SMILES string of the molecule is CCN(CC)S(=O)(=O)c1ccc(Br)c(C(=O)NCC(C(C)C)N(C)C)c1. The van der Waals surface area contributed by atoms with E-state index in [1.165, 1.54) is 16.4 Å². The number of amides is 1. The third-order valence-corrected chi connectivity index (χ3v) is 7.17. The number of rotatable bonds is 9. The first-order valence-electron chi connectivity index (χ1n) is 8.80. The Morgan fingerprint density at radius 3 is 2.23 bits per heavy atom. The first-order valence-corrected chi connectivity index (χ1v) is 11.0. The molecule has 0 saturated heterocycles. The van der Waals surface area contributed by atoms with Crippen molar-refractivity contribution in [2.45, 2.75) is 38.6 Å². The highest BCUT2D eigenvalue weighted by atomic mass is 79.9. The van der Waals surface area contributed by atoms with Crippen LogP contribution in [0.2, 0.25) is 0 Å². The Kier molecular flexibility index (Phi) is 8.72. The summed E-state index contributed by atoms with van der Waals surface area (Å²) < 4.78 is 27.3. The average molecular weight is 448 g/mol. The molecule has 0 bridgehead atoms. The van der Waals surface area contributed by atoms with E-state index in [1.807, 2.05) is 14.1 Å². The van der Waals surface area contributed by atoms with Crippen LogP contribution in [0.5, 0.6) is 0 Å². The highest BCUT2D eigenvalue weighted by molar-refractivity contribution is 9.10. The molecule has 0 heterocycles. The summed E-state index contributed by atoms with van der Waals surface area (Å²) in [5.41, 5.74) is 0.319. The second kappa shape index (κ2) is 9.82. The van der Waals surface area contributed by atoms with Crippen LogP contribution in [0, 0.1) is 5.92 Å². The third-order valence-electron chi connectivity index (χ3n) is 4.43. The molecule has 0 aliphatic carbocycles. The molecule has 1 rings (SSSR count). The minimum Gasteiger partial charge on any atom is -0.350 e. The lowest BCUT2D eigenvalue weighted by Gasteiger charge is -2.28. The van der Waals surface area contributed by atoms with E-state index >= 15 is 0 Å². The summed E-state index contributed by atoms with van der Waals surface area (Å²) in [6.07, 6.45) is 0. The van der Waals surface area contributed by atoms with Gasteiger partial charge in [-0.1, -0.05) is 27.7 Å². The fourth-order valence-electron chi connectivity index (χ4n) is 2.86. The summed E-state index contributed by atoms with van der Waals surface area (Å²) in [7, 11) is 0.345. The minimum absolute atomic E-state index is 0.127. The maximum absolute atomic E-state index is 12.7. The molecule has 1 amide bonds. The molecule has 1 N–H and O–H groups in total. The number of benzene rings is 1. The number of nitrogens with zero attached hydrogens (tertiary/aromatic N) is 2. The molecular weight excluding hydrogens is 418 g/mol. The Bertz CT molecular complexity index is 708. The number of carbonyl (C=O) groups is 1. The molecule has 0 spiro atoms. The zero-order valence-corrected chi connectivity index (χ0v) is 18.8. The van der Waals surface area contributed by atoms with E-state index in [0.29, 0.717) is 35.6 Å². The number of halogens is 1. The van der Waals surface area contributed by atoms with Gasteiger partial charge in [-0.3, -0.25) is 4.79 Å². The van der Waals surface area contributed by atoms with Crippen LogP contribution < -0.4 is 5.32 Å². The quantitative estimate of drug-likeness (QED) is 0.631. The van der Waals surface area contributed by atoms with Crippen molar-refractivity contribution in [3.05, 3.63) is 28.2 Å². The van der Waals surface area contributed by atoms with Crippen molar-refractivity contribution < 1.29 is 13.2 Å². The van der Waals surface area contributed by atoms with E-state index < -0.39 is 10.0 Å². The second-order valence-corrected chi connectivity index (χ2v) is 9.51. The maximum atomic E-state index is 12.7. The van der Waals surface area contributed by atoms with Crippen LogP contribution in [0.3, 0.4) is 0 Å². The van der Waals surface area contributed by atoms with Crippen LogP contribution in [0.4, 0.5) is 0 Å². The van der Waals surface area contributed by atoms with Crippen LogP contribution in [0.25, 0.3) is 0 Å². The van der Waals surface area contributed by atoms with Gasteiger partial charge >= 0.3 is 0 Å². The van der Waals surface area contributed by atoms with Crippen molar-refractivity contribution in [2.75, 3.05) is 33.7 Å². The van der Waals surface area contributed by atoms with Gasteiger partial charge in [-0.2, -0.15) is 4.31 Å². The lowest BCUT2D eigenvalue weighted by molar-refractivity contribution is 0.0933. The normalized spacial score (nSPS) is 13.5. The number of carbonyl (C=O) groups excluding carboxylic acids is 1. The molecule has 0 fully saturated rings. The van der Waals surface area contributed by atoms with E-state index in [9.17, 15) is 13.2 Å². The minimum atomic E-state index is -3.61. The molecule has 1 aromatic carbocycles. The van der Waals surface area contributed by atoms with Crippen molar-refractivity contribution in [3.8, 4) is 0 Å². The van der Waals surface area contributed by atoms with Crippen molar-refractivity contribution in [1.29, 1.82) is 0 Å². The Labute approximate surface area is 166 Å². The van der Waals surface area contributed by atoms with Crippen molar-refractivity contribution in [1.82, 2.24) is 14.5 Å². The zero-order valence-electron chi connectivity index (χ0n) is 16.4. The highest BCUT2D eigenvalue weighted by Crippen LogP contribution is 2.23. The topological polar surface area (TPSA) is 69.7 Å². The maximum Gasteiger partial charge on any atom is 0.252 e. The Hall–Kier alpha value is -0.960. The number of nitrogens with one attached hydrogen (secondary N) is 1. The Morgan fingerprint density at radius 2 is 1.77 bits per heavy atom. The smallest absolute Gasteiger partial charge is 0.252 e. The summed E-state index contributed by atoms with van der Waals surface area (Å²) in [5, 5.41) is 2.92. The monoisotopic (exact) mass is 447 g/mol. The van der Waals surface area contributed by atoms with E-state index in [1.54, 1.807) is 19.9 Å². The van der Waals surface area contributed by atoms with Gasteiger partial charge in [-0.05, 0) is 54.1 Å². The standard InChI is InChI=1S/C18H30BrN3O3S/c1-7-22(8-2)26(24,25)14-9-10-16(19)15(11-14)18(23)20-12-17(13(3)4)21(5)6/h9-11,13,17H,7-8,12H2,1-6H3,(H,20,23). The molecule has 0 radical (unpaired) electrons. The van der Waals surface area contributed by atoms with Crippen LogP contribution in [-0.4, -0.2) is 63.3 Å². The van der Waals surface area contributed by atoms with Crippen molar-refractivity contribution >= 4 is 31.9 Å². The number of sulfonamides is 1. The predicted molar refractivity (Wildman–Crippen MR) is 109 cm³/mol. The lowest BCUT2D eigenvalue weighted by Crippen LogP contribution is -2.43. The highest BCUT2D eigenvalue weighted by Gasteiger charge is 2.24. The van der Waals surface area contributed by atoms with Gasteiger partial charge in [0.05, 0.1) is 10.5 Å². The van der Waals surface area contributed by atoms with Crippen LogP contribution >= 0.6 is 15.9 Å². The van der Waals surface area contributed by atoms with Gasteiger partial charge in [-0.25, -0.2) is 8.42 Å². The van der Waals surface area contributed by atoms with E-state index in [-0.39, 0.29) is 16.8 Å². The van der Waals surface area contributed by atoms with Crippen molar-refractivity contribution in [3.63, 3.8) is 0 Å². The molecule has 8 heteroatoms. The van der Waals surface area contributed by atoms with E-state index in [0.717, 1.165) is 0 Å². The zero-order chi connectivity index (χ0) is 20.1. The van der Waals surface area contributed by atoms with Gasteiger partial charge in [-0.15, -0.1) is 0 Å². The van der Waals surface area contributed by atoms with Gasteiger partial charge in [0.15, 0.2) is 0 Å². The molecule has 0 saturated carbocycles. The third kappa shape index (κ3) is 5.52. The van der Waals surface area contributed by atoms with E-state index in [2.05, 4.69) is 40.0 Å². The molecular formula is C18H30BrN3O3S. The number of hydrogen-bond acceptors (Lipinski definition) is 4. The molecule has 148 valence electrons. The van der Waals surface area contributed by atoms with E-state index in [4.69, 9.17) is 0 Å². The Morgan fingerprint density at radius 1 is 1.19 bits per heavy atom. The molecule has 1 atom stereocenters. The van der Waals surface area contributed by atoms with Gasteiger partial charge in [0.1, 0.15) is 0 Å². The molecule has 0 aromatic heterocycles. The van der Waals surface area contributed by atoms with Gasteiger partial charge in [0, 0.05) is 30.1 Å². The predicted octanol–water partition coefficient (Wildman–Crippen LogP) is 2.80. The summed E-state index contributed by atoms with van der Waals surface area (Å²) in [4.78, 5) is 14.8. The van der Waals surface area contributed by atoms with Gasteiger partial charge in [0.25, 0.3) is 5.91 Å². The summed E-state index contributed by atoms with van der Waals surface area (Å²) >= 11 is 3.35. The first kappa shape index (κ1) is 23.1. The first-order chi connectivity index (χ1) is 12.1. The summed E-state index contributed by atoms with van der Waals surface area (Å²) in [6.45, 7) is 9.04. The molecule has 0 aliphatic heterocycles. The van der Waals surface area contributed by atoms with Crippen molar-refractivity contribution in [2.24, 2.45) is 5.92 Å². The van der Waals surface area contributed by atoms with Gasteiger partial charge in [0.2, 0.25) is 10.0 Å².